The van der Waals surface area contributed by atoms with Crippen LogP contribution in [0.5, 0.6) is 23.0 Å². The first-order chi connectivity index (χ1) is 25.8. The number of para-hydroxylation sites is 2. The molecule has 5 nitrogen and oxygen atoms in total. The molecule has 2 aliphatic rings. The van der Waals surface area contributed by atoms with E-state index >= 15 is 0 Å². The standard InChI is InChI=1S/C46H28BN3O2/c1-3-7-40-36(5-1)37-6-2-4-8-41(37)50(40)35-13-9-29(10-14-35)34-27-44-46-45(28-34)52-43-16-12-33(31-19-23-49-24-20-31)26-39(43)47(46)38-25-32(11-15-42(38)51-44)30-17-21-48-22-18-30/h1-28H. The lowest BCUT2D eigenvalue weighted by Gasteiger charge is -2.34. The Hall–Kier alpha value is -6.92. The molecule has 0 fully saturated rings. The third kappa shape index (κ3) is 4.44. The number of hydrogen-bond acceptors (Lipinski definition) is 4. The summed E-state index contributed by atoms with van der Waals surface area (Å²) >= 11 is 0. The highest BCUT2D eigenvalue weighted by Gasteiger charge is 2.41. The van der Waals surface area contributed by atoms with Gasteiger partial charge in [0.05, 0.1) is 11.0 Å². The summed E-state index contributed by atoms with van der Waals surface area (Å²) in [5.41, 5.74) is 13.4. The van der Waals surface area contributed by atoms with Crippen LogP contribution in [0.1, 0.15) is 0 Å². The van der Waals surface area contributed by atoms with Crippen molar-refractivity contribution in [3.8, 4) is 62.1 Å². The van der Waals surface area contributed by atoms with Gasteiger partial charge in [-0.1, -0.05) is 72.8 Å². The predicted molar refractivity (Wildman–Crippen MR) is 210 cm³/mol. The van der Waals surface area contributed by atoms with Crippen LogP contribution in [0.3, 0.4) is 0 Å². The van der Waals surface area contributed by atoms with Crippen molar-refractivity contribution in [2.45, 2.75) is 0 Å². The fourth-order valence-corrected chi connectivity index (χ4v) is 8.12. The van der Waals surface area contributed by atoms with E-state index in [0.29, 0.717) is 0 Å². The minimum absolute atomic E-state index is 0.0761. The molecule has 0 aliphatic carbocycles. The summed E-state index contributed by atoms with van der Waals surface area (Å²) in [7, 11) is 0. The van der Waals surface area contributed by atoms with Crippen LogP contribution in [-0.4, -0.2) is 21.2 Å². The summed E-state index contributed by atoms with van der Waals surface area (Å²) in [4.78, 5) is 8.47. The molecule has 0 saturated carbocycles. The maximum atomic E-state index is 6.78. The van der Waals surface area contributed by atoms with Gasteiger partial charge in [-0.25, -0.2) is 0 Å². The van der Waals surface area contributed by atoms with E-state index in [9.17, 15) is 0 Å². The van der Waals surface area contributed by atoms with Crippen LogP contribution in [0.15, 0.2) is 170 Å². The Morgan fingerprint density at radius 3 is 1.38 bits per heavy atom. The molecule has 0 saturated heterocycles. The van der Waals surface area contributed by atoms with E-state index < -0.39 is 0 Å². The minimum Gasteiger partial charge on any atom is -0.458 e. The normalized spacial score (nSPS) is 12.5. The van der Waals surface area contributed by atoms with Crippen LogP contribution < -0.4 is 25.9 Å². The summed E-state index contributed by atoms with van der Waals surface area (Å²) in [6.07, 6.45) is 7.34. The maximum Gasteiger partial charge on any atom is 0.260 e. The number of rotatable bonds is 4. The second-order valence-electron chi connectivity index (χ2n) is 13.4. The summed E-state index contributed by atoms with van der Waals surface area (Å²) in [5, 5.41) is 2.50. The molecular weight excluding hydrogens is 637 g/mol. The first kappa shape index (κ1) is 28.9. The second-order valence-corrected chi connectivity index (χ2v) is 13.4. The first-order valence-corrected chi connectivity index (χ1v) is 17.5. The third-order valence-corrected chi connectivity index (χ3v) is 10.5. The highest BCUT2D eigenvalue weighted by atomic mass is 16.5. The highest BCUT2D eigenvalue weighted by Crippen LogP contribution is 2.40. The van der Waals surface area contributed by atoms with Gasteiger partial charge in [0.25, 0.3) is 6.71 Å². The molecule has 0 spiro atoms. The van der Waals surface area contributed by atoms with Crippen LogP contribution in [0.25, 0.3) is 60.9 Å². The van der Waals surface area contributed by atoms with E-state index in [-0.39, 0.29) is 6.71 Å². The molecular formula is C46H28BN3O2. The lowest BCUT2D eigenvalue weighted by Crippen LogP contribution is -2.57. The summed E-state index contributed by atoms with van der Waals surface area (Å²) in [6.45, 7) is -0.0761. The average Bonchev–Trinajstić information content (AvgIpc) is 3.55. The zero-order valence-corrected chi connectivity index (χ0v) is 27.9. The van der Waals surface area contributed by atoms with E-state index in [2.05, 4.69) is 136 Å². The number of ether oxygens (including phenoxy) is 2. The summed E-state index contributed by atoms with van der Waals surface area (Å²) < 4.78 is 15.9. The Balaban J connectivity index is 1.05. The largest absolute Gasteiger partial charge is 0.458 e. The van der Waals surface area contributed by atoms with E-state index in [0.717, 1.165) is 78.5 Å². The Bertz CT molecular complexity index is 2680. The lowest BCUT2D eigenvalue weighted by atomic mass is 9.34. The molecule has 0 amide bonds. The van der Waals surface area contributed by atoms with Gasteiger partial charge in [-0.2, -0.15) is 0 Å². The lowest BCUT2D eigenvalue weighted by molar-refractivity contribution is 0.465. The van der Waals surface area contributed by atoms with E-state index in [1.165, 1.54) is 21.8 Å². The Morgan fingerprint density at radius 2 is 0.865 bits per heavy atom. The first-order valence-electron chi connectivity index (χ1n) is 17.5. The van der Waals surface area contributed by atoms with Gasteiger partial charge in [0.1, 0.15) is 23.0 Å². The molecule has 0 atom stereocenters. The topological polar surface area (TPSA) is 49.2 Å². The number of aromatic nitrogens is 3. The fourth-order valence-electron chi connectivity index (χ4n) is 8.12. The molecule has 0 N–H and O–H groups in total. The molecule has 2 aliphatic heterocycles. The van der Waals surface area contributed by atoms with Crippen molar-refractivity contribution >= 4 is 44.9 Å². The Morgan fingerprint density at radius 1 is 0.404 bits per heavy atom. The van der Waals surface area contributed by atoms with Crippen LogP contribution in [0.2, 0.25) is 0 Å². The predicted octanol–water partition coefficient (Wildman–Crippen LogP) is 9.30. The van der Waals surface area contributed by atoms with Crippen molar-refractivity contribution in [2.75, 3.05) is 0 Å². The minimum atomic E-state index is -0.0761. The fraction of sp³-hybridized carbons (Fsp3) is 0. The van der Waals surface area contributed by atoms with Crippen LogP contribution in [-0.2, 0) is 0 Å². The van der Waals surface area contributed by atoms with Gasteiger partial charge in [0.2, 0.25) is 0 Å². The van der Waals surface area contributed by atoms with Gasteiger partial charge >= 0.3 is 0 Å². The molecule has 242 valence electrons. The van der Waals surface area contributed by atoms with Crippen molar-refractivity contribution in [2.24, 2.45) is 0 Å². The van der Waals surface area contributed by atoms with Crippen molar-refractivity contribution in [3.63, 3.8) is 0 Å². The molecule has 3 aromatic heterocycles. The molecule has 0 unspecified atom stereocenters. The van der Waals surface area contributed by atoms with Gasteiger partial charge in [-0.15, -0.1) is 0 Å². The molecule has 0 bridgehead atoms. The molecule has 0 radical (unpaired) electrons. The van der Waals surface area contributed by atoms with Gasteiger partial charge in [0.15, 0.2) is 0 Å². The summed E-state index contributed by atoms with van der Waals surface area (Å²) in [6, 6.07) is 51.5. The average molecular weight is 666 g/mol. The Kier molecular flexibility index (Phi) is 6.28. The van der Waals surface area contributed by atoms with Gasteiger partial charge < -0.3 is 14.0 Å². The Labute approximate surface area is 300 Å². The number of fused-ring (bicyclic) bond motifs is 7. The van der Waals surface area contributed by atoms with Crippen molar-refractivity contribution in [3.05, 3.63) is 170 Å². The van der Waals surface area contributed by atoms with Crippen molar-refractivity contribution < 1.29 is 9.47 Å². The second kappa shape index (κ2) is 11.3. The molecule has 5 heterocycles. The molecule has 6 aromatic carbocycles. The quantitative estimate of drug-likeness (QED) is 0.176. The van der Waals surface area contributed by atoms with E-state index in [1.54, 1.807) is 0 Å². The van der Waals surface area contributed by atoms with Crippen molar-refractivity contribution in [1.29, 1.82) is 0 Å². The molecule has 11 rings (SSSR count). The third-order valence-electron chi connectivity index (χ3n) is 10.5. The molecule has 52 heavy (non-hydrogen) atoms. The monoisotopic (exact) mass is 665 g/mol. The van der Waals surface area contributed by atoms with Crippen LogP contribution in [0, 0.1) is 0 Å². The number of nitrogens with zero attached hydrogens (tertiary/aromatic N) is 3. The SMILES string of the molecule is c1ccc2c(c1)c1ccccc1n2-c1ccc(-c2cc3c4c(c2)Oc2ccc(-c5ccncc5)cc2B4c2cc(-c4ccncc4)ccc2O3)cc1. The zero-order chi connectivity index (χ0) is 34.2. The molecule has 9 aromatic rings. The van der Waals surface area contributed by atoms with Gasteiger partial charge in [-0.3, -0.25) is 9.97 Å². The van der Waals surface area contributed by atoms with Crippen LogP contribution >= 0.6 is 0 Å². The highest BCUT2D eigenvalue weighted by molar-refractivity contribution is 6.98. The van der Waals surface area contributed by atoms with E-state index in [4.69, 9.17) is 9.47 Å². The van der Waals surface area contributed by atoms with Crippen molar-refractivity contribution in [1.82, 2.24) is 14.5 Å². The molecule has 6 heteroatoms. The van der Waals surface area contributed by atoms with Gasteiger partial charge in [-0.05, 0) is 117 Å². The van der Waals surface area contributed by atoms with Crippen LogP contribution in [0.4, 0.5) is 0 Å². The number of hydrogen-bond donors (Lipinski definition) is 0. The summed E-state index contributed by atoms with van der Waals surface area (Å²) in [5.74, 6) is 3.32. The number of pyridine rings is 2. The number of benzene rings is 6. The van der Waals surface area contributed by atoms with E-state index in [1.807, 2.05) is 49.1 Å². The zero-order valence-electron chi connectivity index (χ0n) is 27.9. The maximum absolute atomic E-state index is 6.78. The smallest absolute Gasteiger partial charge is 0.260 e. The van der Waals surface area contributed by atoms with Gasteiger partial charge in [0, 0.05) is 46.7 Å².